The molecule has 184 valence electrons. The normalized spacial score (nSPS) is 12.2. The number of hydrogen-bond donors (Lipinski definition) is 0. The first-order valence-electron chi connectivity index (χ1n) is 12.7. The summed E-state index contributed by atoms with van der Waals surface area (Å²) in [4.78, 5) is 10.4. The molecule has 0 fully saturated rings. The first kappa shape index (κ1) is 21.1. The van der Waals surface area contributed by atoms with E-state index >= 15 is 0 Å². The summed E-state index contributed by atoms with van der Waals surface area (Å²) < 4.78 is 13.8. The molecule has 0 saturated carbocycles. The SMILES string of the molecule is Brc1ccc2oc3ccc(-n4c5nc6ccccc6n5c5ccccc5n5c6ccccc6nc45)cc3c2c1. The van der Waals surface area contributed by atoms with Gasteiger partial charge in [-0.2, -0.15) is 0 Å². The number of para-hydroxylation sites is 6. The highest BCUT2D eigenvalue weighted by atomic mass is 79.9. The Morgan fingerprint density at radius 3 is 1.67 bits per heavy atom. The Bertz CT molecular complexity index is 2360. The second kappa shape index (κ2) is 7.58. The molecule has 9 rings (SSSR count). The molecule has 39 heavy (non-hydrogen) atoms. The summed E-state index contributed by atoms with van der Waals surface area (Å²) in [5, 5.41) is 2.09. The van der Waals surface area contributed by atoms with Crippen molar-refractivity contribution in [1.29, 1.82) is 0 Å². The molecule has 4 aromatic heterocycles. The van der Waals surface area contributed by atoms with Gasteiger partial charge >= 0.3 is 0 Å². The predicted molar refractivity (Wildman–Crippen MR) is 160 cm³/mol. The minimum absolute atomic E-state index is 0.783. The zero-order valence-corrected chi connectivity index (χ0v) is 22.0. The fraction of sp³-hybridized carbons (Fsp3) is 0. The number of fused-ring (bicyclic) bond motifs is 12. The third kappa shape index (κ3) is 2.85. The molecule has 0 amide bonds. The molecule has 9 aromatic rings. The molecule has 0 radical (unpaired) electrons. The van der Waals surface area contributed by atoms with Gasteiger partial charge in [-0.25, -0.2) is 14.5 Å². The number of imidazole rings is 2. The zero-order chi connectivity index (χ0) is 25.7. The van der Waals surface area contributed by atoms with Gasteiger partial charge in [0.1, 0.15) is 11.2 Å². The zero-order valence-electron chi connectivity index (χ0n) is 20.4. The summed E-state index contributed by atoms with van der Waals surface area (Å²) >= 11 is 3.63. The average molecular weight is 568 g/mol. The van der Waals surface area contributed by atoms with Gasteiger partial charge in [0, 0.05) is 15.2 Å². The van der Waals surface area contributed by atoms with Gasteiger partial charge in [-0.15, -0.1) is 0 Å². The smallest absolute Gasteiger partial charge is 0.223 e. The molecule has 4 heterocycles. The summed E-state index contributed by atoms with van der Waals surface area (Å²) in [6, 6.07) is 37.4. The van der Waals surface area contributed by atoms with Gasteiger partial charge in [-0.3, -0.25) is 8.80 Å². The predicted octanol–water partition coefficient (Wildman–Crippen LogP) is 8.46. The number of nitrogens with zero attached hydrogens (tertiary/aromatic N) is 5. The van der Waals surface area contributed by atoms with Crippen LogP contribution in [0.4, 0.5) is 0 Å². The molecule has 0 aliphatic heterocycles. The fourth-order valence-corrected chi connectivity index (χ4v) is 6.20. The fourth-order valence-electron chi connectivity index (χ4n) is 5.84. The Morgan fingerprint density at radius 2 is 1.05 bits per heavy atom. The minimum atomic E-state index is 0.783. The molecule has 0 bridgehead atoms. The molecule has 0 N–H and O–H groups in total. The van der Waals surface area contributed by atoms with Crippen molar-refractivity contribution in [2.24, 2.45) is 0 Å². The summed E-state index contributed by atoms with van der Waals surface area (Å²) in [5.74, 6) is 1.57. The largest absolute Gasteiger partial charge is 0.456 e. The molecule has 0 spiro atoms. The van der Waals surface area contributed by atoms with E-state index in [4.69, 9.17) is 14.4 Å². The van der Waals surface area contributed by atoms with E-state index in [-0.39, 0.29) is 0 Å². The van der Waals surface area contributed by atoms with Crippen molar-refractivity contribution in [3.8, 4) is 5.69 Å². The molecule has 0 saturated heterocycles. The summed E-state index contributed by atoms with van der Waals surface area (Å²) in [7, 11) is 0. The summed E-state index contributed by atoms with van der Waals surface area (Å²) in [5.41, 5.74) is 8.67. The van der Waals surface area contributed by atoms with Gasteiger partial charge in [0.2, 0.25) is 11.6 Å². The number of furan rings is 1. The standard InChI is InChI=1S/C32H18BrN5O/c33-19-13-15-29-21(17-19)22-18-20(14-16-30(22)39-29)36-31-34-23-7-1-3-9-25(23)37(31)27-11-5-6-12-28(27)38-26-10-4-2-8-24(26)35-32(36)38/h1-18H. The van der Waals surface area contributed by atoms with Crippen LogP contribution in [0.25, 0.3) is 72.3 Å². The molecule has 7 heteroatoms. The van der Waals surface area contributed by atoms with Crippen molar-refractivity contribution >= 4 is 82.5 Å². The highest BCUT2D eigenvalue weighted by Crippen LogP contribution is 2.34. The van der Waals surface area contributed by atoms with Gasteiger partial charge in [0.05, 0.1) is 38.8 Å². The lowest BCUT2D eigenvalue weighted by Gasteiger charge is -2.07. The van der Waals surface area contributed by atoms with Crippen LogP contribution in [0.2, 0.25) is 0 Å². The Hall–Kier alpha value is -4.88. The van der Waals surface area contributed by atoms with Crippen molar-refractivity contribution in [2.75, 3.05) is 0 Å². The van der Waals surface area contributed by atoms with E-state index < -0.39 is 0 Å². The van der Waals surface area contributed by atoms with E-state index in [9.17, 15) is 0 Å². The molecular formula is C32H18BrN5O. The van der Waals surface area contributed by atoms with E-state index in [0.29, 0.717) is 0 Å². The topological polar surface area (TPSA) is 52.7 Å². The van der Waals surface area contributed by atoms with Gasteiger partial charge in [-0.1, -0.05) is 52.3 Å². The number of aromatic nitrogens is 5. The lowest BCUT2D eigenvalue weighted by molar-refractivity contribution is 0.669. The minimum Gasteiger partial charge on any atom is -0.456 e. The number of rotatable bonds is 1. The quantitative estimate of drug-likeness (QED) is 0.200. The van der Waals surface area contributed by atoms with Crippen LogP contribution in [0, 0.1) is 0 Å². The van der Waals surface area contributed by atoms with E-state index in [2.05, 4.69) is 108 Å². The number of hydrogen-bond acceptors (Lipinski definition) is 3. The van der Waals surface area contributed by atoms with Crippen molar-refractivity contribution in [3.63, 3.8) is 0 Å². The van der Waals surface area contributed by atoms with Gasteiger partial charge < -0.3 is 4.42 Å². The molecule has 5 aromatic carbocycles. The van der Waals surface area contributed by atoms with Crippen LogP contribution in [0.3, 0.4) is 0 Å². The van der Waals surface area contributed by atoms with Crippen LogP contribution in [-0.4, -0.2) is 23.3 Å². The van der Waals surface area contributed by atoms with E-state index in [0.717, 1.165) is 76.8 Å². The van der Waals surface area contributed by atoms with E-state index in [1.54, 1.807) is 0 Å². The first-order chi connectivity index (χ1) is 19.2. The maximum Gasteiger partial charge on any atom is 0.223 e. The lowest BCUT2D eigenvalue weighted by atomic mass is 10.1. The molecule has 0 aliphatic rings. The van der Waals surface area contributed by atoms with Crippen LogP contribution < -0.4 is 0 Å². The van der Waals surface area contributed by atoms with Gasteiger partial charge in [0.25, 0.3) is 0 Å². The van der Waals surface area contributed by atoms with Crippen molar-refractivity contribution < 1.29 is 4.42 Å². The van der Waals surface area contributed by atoms with Crippen molar-refractivity contribution in [3.05, 3.63) is 114 Å². The van der Waals surface area contributed by atoms with Crippen LogP contribution >= 0.6 is 15.9 Å². The van der Waals surface area contributed by atoms with Gasteiger partial charge in [0.15, 0.2) is 0 Å². The second-order valence-electron chi connectivity index (χ2n) is 9.72. The van der Waals surface area contributed by atoms with Crippen LogP contribution in [-0.2, 0) is 0 Å². The highest BCUT2D eigenvalue weighted by Gasteiger charge is 2.19. The van der Waals surface area contributed by atoms with Gasteiger partial charge in [-0.05, 0) is 72.8 Å². The second-order valence-corrected chi connectivity index (χ2v) is 10.6. The third-order valence-electron chi connectivity index (χ3n) is 7.52. The van der Waals surface area contributed by atoms with Crippen LogP contribution in [0.15, 0.2) is 118 Å². The highest BCUT2D eigenvalue weighted by molar-refractivity contribution is 9.10. The maximum absolute atomic E-state index is 6.18. The first-order valence-corrected chi connectivity index (χ1v) is 13.5. The van der Waals surface area contributed by atoms with Crippen molar-refractivity contribution in [1.82, 2.24) is 23.3 Å². The van der Waals surface area contributed by atoms with Crippen LogP contribution in [0.1, 0.15) is 0 Å². The maximum atomic E-state index is 6.18. The molecule has 0 atom stereocenters. The van der Waals surface area contributed by atoms with Crippen molar-refractivity contribution in [2.45, 2.75) is 0 Å². The number of halogens is 1. The summed E-state index contributed by atoms with van der Waals surface area (Å²) in [6.07, 6.45) is 0. The number of benzene rings is 5. The monoisotopic (exact) mass is 567 g/mol. The van der Waals surface area contributed by atoms with E-state index in [1.807, 2.05) is 30.3 Å². The average Bonchev–Trinajstić information content (AvgIpc) is 3.62. The molecule has 6 nitrogen and oxygen atoms in total. The molecule has 0 aliphatic carbocycles. The Kier molecular flexibility index (Phi) is 4.10. The lowest BCUT2D eigenvalue weighted by Crippen LogP contribution is -2.01. The Balaban J connectivity index is 1.57. The molecule has 0 unspecified atom stereocenters. The van der Waals surface area contributed by atoms with Crippen LogP contribution in [0.5, 0.6) is 0 Å². The molecular weight excluding hydrogens is 550 g/mol. The van der Waals surface area contributed by atoms with E-state index in [1.165, 1.54) is 0 Å². The summed E-state index contributed by atoms with van der Waals surface area (Å²) in [6.45, 7) is 0. The Morgan fingerprint density at radius 1 is 0.538 bits per heavy atom. The Labute approximate surface area is 229 Å². The third-order valence-corrected chi connectivity index (χ3v) is 8.02.